The van der Waals surface area contributed by atoms with Gasteiger partial charge in [0.2, 0.25) is 0 Å². The van der Waals surface area contributed by atoms with Crippen LogP contribution in [-0.2, 0) is 4.74 Å². The van der Waals surface area contributed by atoms with E-state index in [-0.39, 0.29) is 0 Å². The molecule has 0 saturated heterocycles. The van der Waals surface area contributed by atoms with E-state index in [1.807, 2.05) is 0 Å². The van der Waals surface area contributed by atoms with Crippen molar-refractivity contribution in [2.45, 2.75) is 31.3 Å². The van der Waals surface area contributed by atoms with Crippen molar-refractivity contribution in [1.29, 1.82) is 0 Å². The van der Waals surface area contributed by atoms with Crippen LogP contribution in [0.3, 0.4) is 0 Å². The van der Waals surface area contributed by atoms with Crippen molar-refractivity contribution in [3.05, 3.63) is 22.2 Å². The number of nitrogens with one attached hydrogen (secondary N) is 1. The van der Waals surface area contributed by atoms with Gasteiger partial charge in [0.1, 0.15) is 5.60 Å². The SMILES string of the molecule is CC(C)(C)OC(=O)Nc1c(S)cc(Cl)cc1Cl. The third-order valence-corrected chi connectivity index (χ3v) is 2.53. The zero-order valence-electron chi connectivity index (χ0n) is 9.67. The summed E-state index contributed by atoms with van der Waals surface area (Å²) in [5.74, 6) is 0. The van der Waals surface area contributed by atoms with E-state index < -0.39 is 11.7 Å². The van der Waals surface area contributed by atoms with Crippen LogP contribution < -0.4 is 5.32 Å². The second kappa shape index (κ2) is 5.38. The number of anilines is 1. The third-order valence-electron chi connectivity index (χ3n) is 1.66. The van der Waals surface area contributed by atoms with Gasteiger partial charge in [-0.3, -0.25) is 5.32 Å². The van der Waals surface area contributed by atoms with Gasteiger partial charge in [-0.25, -0.2) is 4.79 Å². The van der Waals surface area contributed by atoms with E-state index in [4.69, 9.17) is 27.9 Å². The number of hydrogen-bond acceptors (Lipinski definition) is 3. The van der Waals surface area contributed by atoms with Gasteiger partial charge in [-0.05, 0) is 32.9 Å². The van der Waals surface area contributed by atoms with Crippen LogP contribution in [0.4, 0.5) is 10.5 Å². The summed E-state index contributed by atoms with van der Waals surface area (Å²) in [5, 5.41) is 3.30. The van der Waals surface area contributed by atoms with E-state index in [0.717, 1.165) is 0 Å². The number of hydrogen-bond donors (Lipinski definition) is 2. The van der Waals surface area contributed by atoms with E-state index in [1.54, 1.807) is 26.8 Å². The number of ether oxygens (including phenoxy) is 1. The van der Waals surface area contributed by atoms with Crippen LogP contribution >= 0.6 is 35.8 Å². The molecular weight excluding hydrogens is 281 g/mol. The minimum absolute atomic E-state index is 0.313. The molecule has 0 radical (unpaired) electrons. The number of thiol groups is 1. The quantitative estimate of drug-likeness (QED) is 0.741. The van der Waals surface area contributed by atoms with Crippen molar-refractivity contribution in [2.24, 2.45) is 0 Å². The molecule has 0 spiro atoms. The fourth-order valence-electron chi connectivity index (χ4n) is 1.09. The normalized spacial score (nSPS) is 11.2. The van der Waals surface area contributed by atoms with Gasteiger partial charge in [0.05, 0.1) is 10.7 Å². The lowest BCUT2D eigenvalue weighted by atomic mass is 10.2. The van der Waals surface area contributed by atoms with Gasteiger partial charge in [-0.1, -0.05) is 23.2 Å². The average Bonchev–Trinajstić information content (AvgIpc) is 2.08. The first-order valence-corrected chi connectivity index (χ1v) is 6.07. The standard InChI is InChI=1S/C11H13Cl2NO2S/c1-11(2,3)16-10(15)14-9-7(13)4-6(12)5-8(9)17/h4-5,17H,1-3H3,(H,14,15). The van der Waals surface area contributed by atoms with Gasteiger partial charge in [0.15, 0.2) is 0 Å². The first-order valence-electron chi connectivity index (χ1n) is 4.87. The Balaban J connectivity index is 2.86. The summed E-state index contributed by atoms with van der Waals surface area (Å²) in [4.78, 5) is 12.0. The molecule has 0 unspecified atom stereocenters. The number of rotatable bonds is 1. The first-order chi connectivity index (χ1) is 7.69. The van der Waals surface area contributed by atoms with Gasteiger partial charge in [-0.15, -0.1) is 12.6 Å². The molecule has 1 aromatic carbocycles. The van der Waals surface area contributed by atoms with Crippen molar-refractivity contribution in [2.75, 3.05) is 5.32 Å². The van der Waals surface area contributed by atoms with Crippen molar-refractivity contribution in [3.8, 4) is 0 Å². The predicted octanol–water partition coefficient (Wildman–Crippen LogP) is 4.63. The Labute approximate surface area is 116 Å². The molecule has 0 heterocycles. The molecule has 0 aliphatic heterocycles. The Bertz CT molecular complexity index is 421. The van der Waals surface area contributed by atoms with Gasteiger partial charge >= 0.3 is 6.09 Å². The molecule has 0 bridgehead atoms. The first kappa shape index (κ1) is 14.5. The molecule has 1 aromatic rings. The molecule has 1 amide bonds. The third kappa shape index (κ3) is 4.66. The Morgan fingerprint density at radius 3 is 2.41 bits per heavy atom. The van der Waals surface area contributed by atoms with Gasteiger partial charge in [0, 0.05) is 9.92 Å². The number of halogens is 2. The fourth-order valence-corrected chi connectivity index (χ4v) is 2.09. The van der Waals surface area contributed by atoms with Crippen LogP contribution in [0.25, 0.3) is 0 Å². The predicted molar refractivity (Wildman–Crippen MR) is 73.6 cm³/mol. The summed E-state index contributed by atoms with van der Waals surface area (Å²) in [5.41, 5.74) is -0.187. The summed E-state index contributed by atoms with van der Waals surface area (Å²) in [7, 11) is 0. The largest absolute Gasteiger partial charge is 0.444 e. The zero-order valence-corrected chi connectivity index (χ0v) is 12.1. The summed E-state index contributed by atoms with van der Waals surface area (Å²) >= 11 is 15.9. The maximum Gasteiger partial charge on any atom is 0.412 e. The number of carbonyl (C=O) groups is 1. The fraction of sp³-hybridized carbons (Fsp3) is 0.364. The highest BCUT2D eigenvalue weighted by atomic mass is 35.5. The molecule has 0 aliphatic carbocycles. The highest BCUT2D eigenvalue weighted by Crippen LogP contribution is 2.32. The Kier molecular flexibility index (Phi) is 4.58. The molecule has 1 N–H and O–H groups in total. The van der Waals surface area contributed by atoms with Gasteiger partial charge in [-0.2, -0.15) is 0 Å². The highest BCUT2D eigenvalue weighted by Gasteiger charge is 2.18. The molecule has 0 atom stereocenters. The smallest absolute Gasteiger partial charge is 0.412 e. The van der Waals surface area contributed by atoms with Crippen LogP contribution in [0.1, 0.15) is 20.8 Å². The lowest BCUT2D eigenvalue weighted by Crippen LogP contribution is -2.27. The molecular formula is C11H13Cl2NO2S. The summed E-state index contributed by atoms with van der Waals surface area (Å²) in [6.45, 7) is 5.33. The van der Waals surface area contributed by atoms with Crippen LogP contribution in [0.15, 0.2) is 17.0 Å². The van der Waals surface area contributed by atoms with Gasteiger partial charge < -0.3 is 4.74 Å². The highest BCUT2D eigenvalue weighted by molar-refractivity contribution is 7.80. The van der Waals surface area contributed by atoms with E-state index >= 15 is 0 Å². The Hall–Kier alpha value is -0.580. The molecule has 1 rings (SSSR count). The zero-order chi connectivity index (χ0) is 13.2. The molecule has 0 saturated carbocycles. The minimum atomic E-state index is -0.586. The van der Waals surface area contributed by atoms with Crippen molar-refractivity contribution < 1.29 is 9.53 Å². The van der Waals surface area contributed by atoms with Crippen LogP contribution in [-0.4, -0.2) is 11.7 Å². The van der Waals surface area contributed by atoms with Gasteiger partial charge in [0.25, 0.3) is 0 Å². The molecule has 17 heavy (non-hydrogen) atoms. The van der Waals surface area contributed by atoms with Crippen LogP contribution in [0.5, 0.6) is 0 Å². The second-order valence-electron chi connectivity index (χ2n) is 4.41. The van der Waals surface area contributed by atoms with E-state index in [0.29, 0.717) is 20.6 Å². The lowest BCUT2D eigenvalue weighted by molar-refractivity contribution is 0.0635. The summed E-state index contributed by atoms with van der Waals surface area (Å²) < 4.78 is 5.11. The van der Waals surface area contributed by atoms with Crippen molar-refractivity contribution >= 4 is 47.6 Å². The monoisotopic (exact) mass is 293 g/mol. The maximum absolute atomic E-state index is 11.6. The van der Waals surface area contributed by atoms with Crippen molar-refractivity contribution in [1.82, 2.24) is 0 Å². The lowest BCUT2D eigenvalue weighted by Gasteiger charge is -2.20. The molecule has 94 valence electrons. The summed E-state index contributed by atoms with van der Waals surface area (Å²) in [6, 6.07) is 3.11. The van der Waals surface area contributed by atoms with E-state index in [2.05, 4.69) is 17.9 Å². The number of benzene rings is 1. The average molecular weight is 294 g/mol. The second-order valence-corrected chi connectivity index (χ2v) is 5.73. The maximum atomic E-state index is 11.6. The van der Waals surface area contributed by atoms with E-state index in [1.165, 1.54) is 6.07 Å². The molecule has 0 aliphatic rings. The number of amides is 1. The minimum Gasteiger partial charge on any atom is -0.444 e. The van der Waals surface area contributed by atoms with Crippen LogP contribution in [0.2, 0.25) is 10.0 Å². The summed E-state index contributed by atoms with van der Waals surface area (Å²) in [6.07, 6.45) is -0.586. The molecule has 0 aromatic heterocycles. The van der Waals surface area contributed by atoms with E-state index in [9.17, 15) is 4.79 Å². The molecule has 3 nitrogen and oxygen atoms in total. The molecule has 0 fully saturated rings. The topological polar surface area (TPSA) is 38.3 Å². The Morgan fingerprint density at radius 2 is 1.94 bits per heavy atom. The molecule has 6 heteroatoms. The van der Waals surface area contributed by atoms with Crippen LogP contribution in [0, 0.1) is 0 Å². The van der Waals surface area contributed by atoms with Crippen molar-refractivity contribution in [3.63, 3.8) is 0 Å². The Morgan fingerprint density at radius 1 is 1.35 bits per heavy atom. The number of carbonyl (C=O) groups excluding carboxylic acids is 1.